The van der Waals surface area contributed by atoms with Gasteiger partial charge in [0.1, 0.15) is 5.54 Å². The Morgan fingerprint density at radius 1 is 1.32 bits per heavy atom. The lowest BCUT2D eigenvalue weighted by Crippen LogP contribution is -2.55. The molecule has 0 bridgehead atoms. The van der Waals surface area contributed by atoms with Crippen molar-refractivity contribution in [2.24, 2.45) is 0 Å². The van der Waals surface area contributed by atoms with Crippen molar-refractivity contribution in [3.05, 3.63) is 29.6 Å². The van der Waals surface area contributed by atoms with E-state index in [4.69, 9.17) is 4.74 Å². The summed E-state index contributed by atoms with van der Waals surface area (Å²) in [4.78, 5) is 23.6. The number of hydrogen-bond acceptors (Lipinski definition) is 3. The first-order valence-electron chi connectivity index (χ1n) is 7.34. The average molecular weight is 309 g/mol. The van der Waals surface area contributed by atoms with Crippen molar-refractivity contribution < 1.29 is 23.8 Å². The summed E-state index contributed by atoms with van der Waals surface area (Å²) in [5.41, 5.74) is -0.701. The fourth-order valence-corrected chi connectivity index (χ4v) is 2.86. The van der Waals surface area contributed by atoms with Crippen LogP contribution in [0.1, 0.15) is 37.7 Å². The number of amides is 1. The van der Waals surface area contributed by atoms with Gasteiger partial charge < -0.3 is 15.2 Å². The largest absolute Gasteiger partial charge is 0.494 e. The molecule has 0 unspecified atom stereocenters. The second-order valence-corrected chi connectivity index (χ2v) is 5.64. The van der Waals surface area contributed by atoms with Gasteiger partial charge in [-0.1, -0.05) is 25.3 Å². The number of methoxy groups -OCH3 is 1. The van der Waals surface area contributed by atoms with E-state index in [9.17, 15) is 19.1 Å². The van der Waals surface area contributed by atoms with E-state index in [1.165, 1.54) is 19.2 Å². The van der Waals surface area contributed by atoms with Crippen LogP contribution in [0.2, 0.25) is 0 Å². The van der Waals surface area contributed by atoms with E-state index < -0.39 is 23.2 Å². The Morgan fingerprint density at radius 2 is 2.00 bits per heavy atom. The van der Waals surface area contributed by atoms with Gasteiger partial charge in [0.25, 0.3) is 0 Å². The van der Waals surface area contributed by atoms with E-state index >= 15 is 0 Å². The molecule has 0 aliphatic heterocycles. The van der Waals surface area contributed by atoms with Gasteiger partial charge in [-0.3, -0.25) is 4.79 Å². The molecule has 0 saturated heterocycles. The number of ether oxygens (including phenoxy) is 1. The number of aliphatic carboxylic acids is 1. The van der Waals surface area contributed by atoms with Crippen molar-refractivity contribution in [3.63, 3.8) is 0 Å². The van der Waals surface area contributed by atoms with Crippen LogP contribution in [0.3, 0.4) is 0 Å². The first-order valence-corrected chi connectivity index (χ1v) is 7.34. The van der Waals surface area contributed by atoms with Crippen LogP contribution in [-0.2, 0) is 16.0 Å². The smallest absolute Gasteiger partial charge is 0.329 e. The minimum Gasteiger partial charge on any atom is -0.494 e. The van der Waals surface area contributed by atoms with E-state index in [1.54, 1.807) is 6.07 Å². The maximum Gasteiger partial charge on any atom is 0.329 e. The first kappa shape index (κ1) is 16.3. The number of carboxylic acids is 1. The Morgan fingerprint density at radius 3 is 2.55 bits per heavy atom. The third-order valence-electron chi connectivity index (χ3n) is 4.08. The van der Waals surface area contributed by atoms with Gasteiger partial charge in [-0.15, -0.1) is 0 Å². The number of hydrogen-bond donors (Lipinski definition) is 2. The number of rotatable bonds is 5. The van der Waals surface area contributed by atoms with Crippen LogP contribution >= 0.6 is 0 Å². The zero-order valence-electron chi connectivity index (χ0n) is 12.5. The highest BCUT2D eigenvalue weighted by atomic mass is 19.1. The monoisotopic (exact) mass is 309 g/mol. The van der Waals surface area contributed by atoms with Crippen LogP contribution in [0.4, 0.5) is 4.39 Å². The molecular formula is C16H20FNO4. The van der Waals surface area contributed by atoms with Gasteiger partial charge in [0.15, 0.2) is 11.6 Å². The molecule has 22 heavy (non-hydrogen) atoms. The highest BCUT2D eigenvalue weighted by Crippen LogP contribution is 2.28. The summed E-state index contributed by atoms with van der Waals surface area (Å²) in [5.74, 6) is -1.84. The molecule has 1 amide bonds. The predicted molar refractivity (Wildman–Crippen MR) is 78.3 cm³/mol. The number of benzene rings is 1. The van der Waals surface area contributed by atoms with E-state index in [-0.39, 0.29) is 12.2 Å². The van der Waals surface area contributed by atoms with Crippen LogP contribution < -0.4 is 10.1 Å². The van der Waals surface area contributed by atoms with Crippen LogP contribution in [0.5, 0.6) is 5.75 Å². The van der Waals surface area contributed by atoms with E-state index in [0.717, 1.165) is 19.3 Å². The second-order valence-electron chi connectivity index (χ2n) is 5.64. The van der Waals surface area contributed by atoms with Crippen LogP contribution in [-0.4, -0.2) is 29.6 Å². The zero-order chi connectivity index (χ0) is 16.2. The molecule has 120 valence electrons. The van der Waals surface area contributed by atoms with Crippen molar-refractivity contribution in [3.8, 4) is 5.75 Å². The van der Waals surface area contributed by atoms with Gasteiger partial charge in [0, 0.05) is 0 Å². The summed E-state index contributed by atoms with van der Waals surface area (Å²) in [5, 5.41) is 12.1. The van der Waals surface area contributed by atoms with Crippen molar-refractivity contribution in [2.45, 2.75) is 44.1 Å². The minimum atomic E-state index is -1.18. The standard InChI is InChI=1S/C16H20FNO4/c1-22-13-6-5-11(9-12(13)17)10-14(19)18-16(15(20)21)7-3-2-4-8-16/h5-6,9H,2-4,7-8,10H2,1H3,(H,18,19)(H,20,21). The van der Waals surface area contributed by atoms with Crippen LogP contribution in [0, 0.1) is 5.82 Å². The summed E-state index contributed by atoms with van der Waals surface area (Å²) >= 11 is 0. The molecule has 0 heterocycles. The number of carboxylic acid groups (broad SMARTS) is 1. The van der Waals surface area contributed by atoms with Crippen molar-refractivity contribution >= 4 is 11.9 Å². The first-order chi connectivity index (χ1) is 10.5. The summed E-state index contributed by atoms with van der Waals surface area (Å²) in [6, 6.07) is 4.27. The Balaban J connectivity index is 2.05. The molecule has 0 spiro atoms. The highest BCUT2D eigenvalue weighted by Gasteiger charge is 2.40. The maximum absolute atomic E-state index is 13.6. The molecule has 0 radical (unpaired) electrons. The molecule has 1 aliphatic carbocycles. The normalized spacial score (nSPS) is 16.8. The second kappa shape index (κ2) is 6.77. The Bertz CT molecular complexity index is 567. The lowest BCUT2D eigenvalue weighted by Gasteiger charge is -2.34. The summed E-state index contributed by atoms with van der Waals surface area (Å²) in [6.45, 7) is 0. The molecule has 0 atom stereocenters. The molecule has 1 aromatic rings. The number of nitrogens with one attached hydrogen (secondary N) is 1. The van der Waals surface area contributed by atoms with Gasteiger partial charge in [0.2, 0.25) is 5.91 Å². The quantitative estimate of drug-likeness (QED) is 0.875. The molecule has 1 aliphatic rings. The third kappa shape index (κ3) is 3.55. The number of carbonyl (C=O) groups is 2. The topological polar surface area (TPSA) is 75.6 Å². The fraction of sp³-hybridized carbons (Fsp3) is 0.500. The molecule has 2 N–H and O–H groups in total. The molecule has 1 fully saturated rings. The van der Waals surface area contributed by atoms with Gasteiger partial charge in [-0.25, -0.2) is 9.18 Å². The lowest BCUT2D eigenvalue weighted by molar-refractivity contribution is -0.149. The van der Waals surface area contributed by atoms with Crippen LogP contribution in [0.15, 0.2) is 18.2 Å². The number of halogens is 1. The van der Waals surface area contributed by atoms with E-state index in [2.05, 4.69) is 5.32 Å². The third-order valence-corrected chi connectivity index (χ3v) is 4.08. The van der Waals surface area contributed by atoms with Gasteiger partial charge >= 0.3 is 5.97 Å². The number of carbonyl (C=O) groups excluding carboxylic acids is 1. The van der Waals surface area contributed by atoms with Crippen LogP contribution in [0.25, 0.3) is 0 Å². The van der Waals surface area contributed by atoms with Gasteiger partial charge in [0.05, 0.1) is 13.5 Å². The zero-order valence-corrected chi connectivity index (χ0v) is 12.5. The molecule has 1 saturated carbocycles. The lowest BCUT2D eigenvalue weighted by atomic mass is 9.81. The van der Waals surface area contributed by atoms with E-state index in [0.29, 0.717) is 18.4 Å². The molecule has 2 rings (SSSR count). The van der Waals surface area contributed by atoms with Crippen molar-refractivity contribution in [2.75, 3.05) is 7.11 Å². The van der Waals surface area contributed by atoms with E-state index in [1.807, 2.05) is 0 Å². The predicted octanol–water partition coefficient (Wildman–Crippen LogP) is 2.28. The fourth-order valence-electron chi connectivity index (χ4n) is 2.86. The Labute approximate surface area is 128 Å². The van der Waals surface area contributed by atoms with Crippen molar-refractivity contribution in [1.29, 1.82) is 0 Å². The van der Waals surface area contributed by atoms with Crippen molar-refractivity contribution in [1.82, 2.24) is 5.32 Å². The highest BCUT2D eigenvalue weighted by molar-refractivity contribution is 5.88. The molecule has 5 nitrogen and oxygen atoms in total. The molecule has 6 heteroatoms. The summed E-state index contributed by atoms with van der Waals surface area (Å²) in [7, 11) is 1.37. The Kier molecular flexibility index (Phi) is 5.00. The van der Waals surface area contributed by atoms with Gasteiger partial charge in [-0.05, 0) is 30.5 Å². The molecule has 1 aromatic carbocycles. The SMILES string of the molecule is COc1ccc(CC(=O)NC2(C(=O)O)CCCCC2)cc1F. The average Bonchev–Trinajstić information content (AvgIpc) is 2.48. The van der Waals surface area contributed by atoms with Gasteiger partial charge in [-0.2, -0.15) is 0 Å². The summed E-state index contributed by atoms with van der Waals surface area (Å²) in [6.07, 6.45) is 3.36. The minimum absolute atomic E-state index is 0.0596. The summed E-state index contributed by atoms with van der Waals surface area (Å²) < 4.78 is 18.4. The Hall–Kier alpha value is -2.11. The molecule has 0 aromatic heterocycles. The molecular weight excluding hydrogens is 289 g/mol. The maximum atomic E-state index is 13.6.